The van der Waals surface area contributed by atoms with Crippen molar-refractivity contribution in [3.63, 3.8) is 0 Å². The van der Waals surface area contributed by atoms with Gasteiger partial charge in [-0.25, -0.2) is 14.4 Å². The summed E-state index contributed by atoms with van der Waals surface area (Å²) in [7, 11) is 0. The summed E-state index contributed by atoms with van der Waals surface area (Å²) in [4.78, 5) is 87.5. The van der Waals surface area contributed by atoms with Crippen LogP contribution in [0, 0.1) is 0 Å². The molecule has 0 saturated heterocycles. The number of carbonyl (C=O) groups excluding carboxylic acids is 6. The van der Waals surface area contributed by atoms with Gasteiger partial charge in [0.15, 0.2) is 0 Å². The van der Waals surface area contributed by atoms with E-state index in [0.717, 1.165) is 22.0 Å². The van der Waals surface area contributed by atoms with Crippen LogP contribution in [-0.4, -0.2) is 87.2 Å². The highest BCUT2D eigenvalue weighted by atomic mass is 16.6. The van der Waals surface area contributed by atoms with E-state index in [1.54, 1.807) is 80.6 Å². The summed E-state index contributed by atoms with van der Waals surface area (Å²) in [5.74, 6) is -2.96. The molecule has 16 nitrogen and oxygen atoms in total. The largest absolute Gasteiger partial charge is 0.460 e. The van der Waals surface area contributed by atoms with Gasteiger partial charge in [0.25, 0.3) is 5.91 Å². The first-order valence-electron chi connectivity index (χ1n) is 19.8. The van der Waals surface area contributed by atoms with Crippen LogP contribution in [0.1, 0.15) is 116 Å². The van der Waals surface area contributed by atoms with E-state index in [4.69, 9.17) is 19.9 Å². The lowest BCUT2D eigenvalue weighted by Gasteiger charge is -2.27. The van der Waals surface area contributed by atoms with Gasteiger partial charge in [-0.1, -0.05) is 18.2 Å². The zero-order valence-electron chi connectivity index (χ0n) is 35.7. The molecule has 4 amide bonds. The number of pyridine rings is 2. The molecule has 0 fully saturated rings. The second-order valence-electron chi connectivity index (χ2n) is 17.2. The lowest BCUT2D eigenvalue weighted by atomic mass is 10.0. The molecule has 2 heterocycles. The fraction of sp³-hybridized carbons (Fsp3) is 0.535. The maximum absolute atomic E-state index is 13.6. The molecule has 16 heteroatoms. The van der Waals surface area contributed by atoms with Crippen molar-refractivity contribution < 1.29 is 43.0 Å². The Morgan fingerprint density at radius 3 is 1.88 bits per heavy atom. The van der Waals surface area contributed by atoms with Gasteiger partial charge >= 0.3 is 23.9 Å². The van der Waals surface area contributed by atoms with Gasteiger partial charge < -0.3 is 41.2 Å². The summed E-state index contributed by atoms with van der Waals surface area (Å²) in [6.07, 6.45) is 4.00. The Bertz CT molecular complexity index is 1920. The molecular weight excluding hydrogens is 759 g/mol. The molecule has 0 saturated carbocycles. The Morgan fingerprint density at radius 1 is 0.695 bits per heavy atom. The van der Waals surface area contributed by atoms with E-state index < -0.39 is 70.7 Å². The topological polar surface area (TPSA) is 230 Å². The van der Waals surface area contributed by atoms with E-state index in [0.29, 0.717) is 12.8 Å². The van der Waals surface area contributed by atoms with Crippen molar-refractivity contribution in [1.29, 1.82) is 0 Å². The molecule has 0 bridgehead atoms. The fourth-order valence-corrected chi connectivity index (χ4v) is 5.67. The molecule has 0 unspecified atom stereocenters. The van der Waals surface area contributed by atoms with E-state index in [2.05, 4.69) is 31.2 Å². The van der Waals surface area contributed by atoms with Gasteiger partial charge in [0.05, 0.1) is 5.52 Å². The maximum atomic E-state index is 13.6. The number of ether oxygens (including phenoxy) is 3. The smallest absolute Gasteiger partial charge is 0.329 e. The van der Waals surface area contributed by atoms with E-state index in [1.165, 1.54) is 6.20 Å². The third-order valence-electron chi connectivity index (χ3n) is 8.29. The number of aromatic nitrogens is 2. The summed E-state index contributed by atoms with van der Waals surface area (Å²) in [6, 6.07) is 8.45. The number of amides is 4. The molecule has 6 N–H and O–H groups in total. The highest BCUT2D eigenvalue weighted by Gasteiger charge is 2.31. The molecule has 0 aliphatic rings. The minimum atomic E-state index is -1.22. The predicted octanol–water partition coefficient (Wildman–Crippen LogP) is 4.56. The van der Waals surface area contributed by atoms with Gasteiger partial charge in [-0.3, -0.25) is 24.4 Å². The molecule has 3 aromatic rings. The molecule has 0 aliphatic carbocycles. The van der Waals surface area contributed by atoms with Crippen LogP contribution in [0.15, 0.2) is 54.9 Å². The summed E-state index contributed by atoms with van der Waals surface area (Å²) >= 11 is 0. The van der Waals surface area contributed by atoms with Gasteiger partial charge in [0, 0.05) is 43.7 Å². The third kappa shape index (κ3) is 17.8. The SMILES string of the molecule is CC(C)(C)OC(=O)CC[C@H](NC(=O)N[C@@H](CCCCNC(=O)[C@H](Cc1ccc2ncccc2c1)NC(=O)c1ccc(CN)cn1)C(=O)OC(C)(C)C)C(=O)OC(C)(C)C. The number of benzene rings is 1. The van der Waals surface area contributed by atoms with Crippen molar-refractivity contribution in [2.75, 3.05) is 6.54 Å². The van der Waals surface area contributed by atoms with Crippen LogP contribution in [0.5, 0.6) is 0 Å². The Morgan fingerprint density at radius 2 is 1.31 bits per heavy atom. The summed E-state index contributed by atoms with van der Waals surface area (Å²) in [5.41, 5.74) is 5.68. The molecule has 3 rings (SSSR count). The van der Waals surface area contributed by atoms with Crippen LogP contribution in [0.4, 0.5) is 4.79 Å². The average Bonchev–Trinajstić information content (AvgIpc) is 3.13. The van der Waals surface area contributed by atoms with Crippen LogP contribution in [0.2, 0.25) is 0 Å². The highest BCUT2D eigenvalue weighted by molar-refractivity contribution is 5.96. The number of unbranched alkanes of at least 4 members (excludes halogenated alkanes) is 1. The Balaban J connectivity index is 1.68. The van der Waals surface area contributed by atoms with Crippen LogP contribution >= 0.6 is 0 Å². The van der Waals surface area contributed by atoms with E-state index in [9.17, 15) is 28.8 Å². The van der Waals surface area contributed by atoms with Crippen molar-refractivity contribution in [3.8, 4) is 0 Å². The average molecular weight is 820 g/mol. The van der Waals surface area contributed by atoms with Crippen molar-refractivity contribution in [1.82, 2.24) is 31.2 Å². The number of hydrogen-bond acceptors (Lipinski definition) is 12. The minimum absolute atomic E-state index is 0.107. The molecule has 1 aromatic carbocycles. The van der Waals surface area contributed by atoms with Crippen LogP contribution in [0.3, 0.4) is 0 Å². The predicted molar refractivity (Wildman–Crippen MR) is 222 cm³/mol. The molecular formula is C43H61N7O9. The minimum Gasteiger partial charge on any atom is -0.460 e. The number of esters is 3. The molecule has 59 heavy (non-hydrogen) atoms. The third-order valence-corrected chi connectivity index (χ3v) is 8.29. The van der Waals surface area contributed by atoms with Gasteiger partial charge in [-0.2, -0.15) is 0 Å². The van der Waals surface area contributed by atoms with Crippen molar-refractivity contribution in [2.45, 2.75) is 142 Å². The van der Waals surface area contributed by atoms with E-state index >= 15 is 0 Å². The Hall–Kier alpha value is -5.64. The molecule has 3 atom stereocenters. The maximum Gasteiger partial charge on any atom is 0.329 e. The van der Waals surface area contributed by atoms with E-state index in [-0.39, 0.29) is 44.5 Å². The monoisotopic (exact) mass is 819 g/mol. The summed E-state index contributed by atoms with van der Waals surface area (Å²) in [5, 5.41) is 11.7. The van der Waals surface area contributed by atoms with Crippen LogP contribution in [0.25, 0.3) is 10.9 Å². The van der Waals surface area contributed by atoms with Gasteiger partial charge in [-0.15, -0.1) is 0 Å². The number of nitrogens with two attached hydrogens (primary N) is 1. The van der Waals surface area contributed by atoms with Gasteiger partial charge in [-0.05, 0) is 123 Å². The van der Waals surface area contributed by atoms with Crippen molar-refractivity contribution >= 4 is 46.7 Å². The summed E-state index contributed by atoms with van der Waals surface area (Å²) in [6.45, 7) is 15.7. The first kappa shape index (κ1) is 47.7. The normalized spacial score (nSPS) is 13.3. The molecule has 0 radical (unpaired) electrons. The fourth-order valence-electron chi connectivity index (χ4n) is 5.67. The lowest BCUT2D eigenvalue weighted by molar-refractivity contribution is -0.159. The zero-order valence-corrected chi connectivity index (χ0v) is 35.7. The number of hydrogen-bond donors (Lipinski definition) is 5. The van der Waals surface area contributed by atoms with Crippen LogP contribution in [-0.2, 0) is 46.4 Å². The number of rotatable bonds is 18. The number of carbonyl (C=O) groups is 6. The van der Waals surface area contributed by atoms with Gasteiger partial charge in [0.2, 0.25) is 5.91 Å². The van der Waals surface area contributed by atoms with E-state index in [1.807, 2.05) is 30.3 Å². The first-order chi connectivity index (χ1) is 27.5. The van der Waals surface area contributed by atoms with Crippen molar-refractivity contribution in [3.05, 3.63) is 71.7 Å². The second-order valence-corrected chi connectivity index (χ2v) is 17.2. The molecule has 0 aliphatic heterocycles. The second kappa shape index (κ2) is 21.4. The Kier molecular flexibility index (Phi) is 17.3. The molecule has 322 valence electrons. The first-order valence-corrected chi connectivity index (χ1v) is 19.8. The lowest BCUT2D eigenvalue weighted by Crippen LogP contribution is -2.53. The highest BCUT2D eigenvalue weighted by Crippen LogP contribution is 2.17. The molecule has 2 aromatic heterocycles. The summed E-state index contributed by atoms with van der Waals surface area (Å²) < 4.78 is 16.4. The molecule has 0 spiro atoms. The quantitative estimate of drug-likeness (QED) is 0.0676. The van der Waals surface area contributed by atoms with Crippen LogP contribution < -0.4 is 27.0 Å². The number of urea groups is 1. The number of fused-ring (bicyclic) bond motifs is 1. The van der Waals surface area contributed by atoms with Gasteiger partial charge in [0.1, 0.15) is 40.6 Å². The Labute approximate surface area is 346 Å². The van der Waals surface area contributed by atoms with Crippen molar-refractivity contribution in [2.24, 2.45) is 5.73 Å². The number of nitrogens with one attached hydrogen (secondary N) is 4. The number of nitrogens with zero attached hydrogens (tertiary/aromatic N) is 2. The standard InChI is InChI=1S/C43H61N7O9/c1-41(2,3)57-35(51)20-19-33(39(55)59-43(7,8)9)50-40(56)49-32(38(54)58-42(4,5)6)14-10-11-21-46-36(52)34(48-37(53)31-18-16-28(25-44)26-47-31)24-27-15-17-30-29(23-27)13-12-22-45-30/h12-13,15-18,22-23,26,32-34H,10-11,14,19-21,24-25,44H2,1-9H3,(H,46,52)(H,48,53)(H2,49,50,56)/t32-,33-,34-/m0/s1. The zero-order chi connectivity index (χ0) is 44.0.